The van der Waals surface area contributed by atoms with Crippen molar-refractivity contribution in [2.45, 2.75) is 6.92 Å². The zero-order valence-electron chi connectivity index (χ0n) is 14.3. The van der Waals surface area contributed by atoms with Crippen LogP contribution < -0.4 is 4.74 Å². The Labute approximate surface area is 146 Å². The van der Waals surface area contributed by atoms with Crippen LogP contribution in [0.2, 0.25) is 0 Å². The molecule has 2 heterocycles. The molecular weight excluding hydrogens is 316 g/mol. The van der Waals surface area contributed by atoms with Gasteiger partial charge in [-0.1, -0.05) is 18.2 Å². The first-order valence-corrected chi connectivity index (χ1v) is 8.03. The van der Waals surface area contributed by atoms with Crippen LogP contribution in [0.1, 0.15) is 15.9 Å². The van der Waals surface area contributed by atoms with Crippen molar-refractivity contribution in [3.63, 3.8) is 0 Å². The second-order valence-electron chi connectivity index (χ2n) is 5.71. The van der Waals surface area contributed by atoms with Crippen LogP contribution in [-0.4, -0.2) is 45.5 Å². The SMILES string of the molecule is Cc1ccccc1OCCN(C)C(=O)c1ccnc(-n2ccnc2)c1. The van der Waals surface area contributed by atoms with Crippen LogP contribution in [0, 0.1) is 6.92 Å². The van der Waals surface area contributed by atoms with Gasteiger partial charge in [-0.05, 0) is 30.7 Å². The number of carbonyl (C=O) groups is 1. The molecule has 2 aromatic heterocycles. The average Bonchev–Trinajstić information content (AvgIpc) is 3.17. The lowest BCUT2D eigenvalue weighted by atomic mass is 10.2. The normalized spacial score (nSPS) is 10.5. The Morgan fingerprint density at radius 3 is 2.84 bits per heavy atom. The van der Waals surface area contributed by atoms with Crippen molar-refractivity contribution >= 4 is 5.91 Å². The molecule has 0 bridgehead atoms. The van der Waals surface area contributed by atoms with Gasteiger partial charge in [-0.2, -0.15) is 0 Å². The highest BCUT2D eigenvalue weighted by molar-refractivity contribution is 5.94. The highest BCUT2D eigenvalue weighted by atomic mass is 16.5. The number of hydrogen-bond acceptors (Lipinski definition) is 4. The molecule has 6 heteroatoms. The number of hydrogen-bond donors (Lipinski definition) is 0. The summed E-state index contributed by atoms with van der Waals surface area (Å²) >= 11 is 0. The summed E-state index contributed by atoms with van der Waals surface area (Å²) < 4.78 is 7.52. The van der Waals surface area contributed by atoms with E-state index in [1.54, 1.807) is 53.6 Å². The number of pyridine rings is 1. The molecule has 25 heavy (non-hydrogen) atoms. The molecule has 0 atom stereocenters. The van der Waals surface area contributed by atoms with Gasteiger partial charge in [0.15, 0.2) is 0 Å². The van der Waals surface area contributed by atoms with Gasteiger partial charge >= 0.3 is 0 Å². The van der Waals surface area contributed by atoms with E-state index in [4.69, 9.17) is 4.74 Å². The minimum atomic E-state index is -0.0721. The molecule has 128 valence electrons. The van der Waals surface area contributed by atoms with Crippen LogP contribution in [-0.2, 0) is 0 Å². The lowest BCUT2D eigenvalue weighted by molar-refractivity contribution is 0.0773. The highest BCUT2D eigenvalue weighted by Crippen LogP contribution is 2.16. The lowest BCUT2D eigenvalue weighted by Crippen LogP contribution is -2.31. The quantitative estimate of drug-likeness (QED) is 0.694. The van der Waals surface area contributed by atoms with E-state index in [9.17, 15) is 4.79 Å². The third kappa shape index (κ3) is 4.03. The van der Waals surface area contributed by atoms with Gasteiger partial charge in [0, 0.05) is 31.2 Å². The fourth-order valence-corrected chi connectivity index (χ4v) is 2.42. The van der Waals surface area contributed by atoms with Crippen molar-refractivity contribution in [3.05, 3.63) is 72.4 Å². The summed E-state index contributed by atoms with van der Waals surface area (Å²) in [6.07, 6.45) is 6.73. The van der Waals surface area contributed by atoms with Gasteiger partial charge in [0.2, 0.25) is 0 Å². The third-order valence-corrected chi connectivity index (χ3v) is 3.89. The second-order valence-corrected chi connectivity index (χ2v) is 5.71. The van der Waals surface area contributed by atoms with E-state index >= 15 is 0 Å². The molecule has 3 rings (SSSR count). The van der Waals surface area contributed by atoms with Crippen molar-refractivity contribution in [2.75, 3.05) is 20.2 Å². The first-order valence-electron chi connectivity index (χ1n) is 8.03. The molecule has 0 aliphatic heterocycles. The Balaban J connectivity index is 1.61. The van der Waals surface area contributed by atoms with Crippen molar-refractivity contribution in [2.24, 2.45) is 0 Å². The van der Waals surface area contributed by atoms with Crippen LogP contribution in [0.5, 0.6) is 5.75 Å². The number of aromatic nitrogens is 3. The second kappa shape index (κ2) is 7.61. The molecule has 0 radical (unpaired) electrons. The third-order valence-electron chi connectivity index (χ3n) is 3.89. The molecule has 0 fully saturated rings. The first kappa shape index (κ1) is 16.7. The number of para-hydroxylation sites is 1. The van der Waals surface area contributed by atoms with E-state index in [1.165, 1.54) is 0 Å². The molecular formula is C19H20N4O2. The predicted octanol–water partition coefficient (Wildman–Crippen LogP) is 2.73. The van der Waals surface area contributed by atoms with E-state index in [0.717, 1.165) is 11.3 Å². The Hall–Kier alpha value is -3.15. The van der Waals surface area contributed by atoms with E-state index in [1.807, 2.05) is 31.2 Å². The van der Waals surface area contributed by atoms with Crippen LogP contribution in [0.25, 0.3) is 5.82 Å². The predicted molar refractivity (Wildman–Crippen MR) is 95.0 cm³/mol. The van der Waals surface area contributed by atoms with Crippen LogP contribution in [0.3, 0.4) is 0 Å². The maximum absolute atomic E-state index is 12.6. The van der Waals surface area contributed by atoms with Crippen LogP contribution >= 0.6 is 0 Å². The number of likely N-dealkylation sites (N-methyl/N-ethyl adjacent to an activating group) is 1. The number of carbonyl (C=O) groups excluding carboxylic acids is 1. The number of ether oxygens (including phenoxy) is 1. The molecule has 0 aliphatic rings. The topological polar surface area (TPSA) is 60.2 Å². The summed E-state index contributed by atoms with van der Waals surface area (Å²) in [4.78, 5) is 22.5. The monoisotopic (exact) mass is 336 g/mol. The highest BCUT2D eigenvalue weighted by Gasteiger charge is 2.13. The number of amides is 1. The number of benzene rings is 1. The molecule has 0 unspecified atom stereocenters. The molecule has 0 saturated heterocycles. The summed E-state index contributed by atoms with van der Waals surface area (Å²) in [5.74, 6) is 1.43. The summed E-state index contributed by atoms with van der Waals surface area (Å²) in [6.45, 7) is 2.93. The van der Waals surface area contributed by atoms with Crippen molar-refractivity contribution in [1.82, 2.24) is 19.4 Å². The molecule has 0 N–H and O–H groups in total. The van der Waals surface area contributed by atoms with E-state index < -0.39 is 0 Å². The number of imidazole rings is 1. The van der Waals surface area contributed by atoms with E-state index in [2.05, 4.69) is 9.97 Å². The van der Waals surface area contributed by atoms with Gasteiger partial charge in [-0.15, -0.1) is 0 Å². The summed E-state index contributed by atoms with van der Waals surface area (Å²) in [6, 6.07) is 11.3. The molecule has 0 saturated carbocycles. The fourth-order valence-electron chi connectivity index (χ4n) is 2.42. The molecule has 0 aliphatic carbocycles. The van der Waals surface area contributed by atoms with Crippen LogP contribution in [0.15, 0.2) is 61.3 Å². The number of aryl methyl sites for hydroxylation is 1. The standard InChI is InChI=1S/C19H20N4O2/c1-15-5-3-4-6-17(15)25-12-11-22(2)19(24)16-7-8-21-18(13-16)23-10-9-20-14-23/h3-10,13-14H,11-12H2,1-2H3. The van der Waals surface area contributed by atoms with Gasteiger partial charge in [0.25, 0.3) is 5.91 Å². The van der Waals surface area contributed by atoms with Gasteiger partial charge in [0.1, 0.15) is 24.5 Å². The Morgan fingerprint density at radius 1 is 1.24 bits per heavy atom. The zero-order chi connectivity index (χ0) is 17.6. The Kier molecular flexibility index (Phi) is 5.09. The molecule has 1 amide bonds. The zero-order valence-corrected chi connectivity index (χ0v) is 14.3. The summed E-state index contributed by atoms with van der Waals surface area (Å²) in [5, 5.41) is 0. The van der Waals surface area contributed by atoms with Gasteiger partial charge < -0.3 is 9.64 Å². The maximum Gasteiger partial charge on any atom is 0.253 e. The van der Waals surface area contributed by atoms with E-state index in [0.29, 0.717) is 24.5 Å². The van der Waals surface area contributed by atoms with E-state index in [-0.39, 0.29) is 5.91 Å². The lowest BCUT2D eigenvalue weighted by Gasteiger charge is -2.18. The average molecular weight is 336 g/mol. The molecule has 0 spiro atoms. The summed E-state index contributed by atoms with van der Waals surface area (Å²) in [7, 11) is 1.76. The molecule has 1 aromatic carbocycles. The summed E-state index contributed by atoms with van der Waals surface area (Å²) in [5.41, 5.74) is 1.66. The minimum Gasteiger partial charge on any atom is -0.491 e. The Bertz CT molecular complexity index is 846. The first-order chi connectivity index (χ1) is 12.1. The number of rotatable bonds is 6. The van der Waals surface area contributed by atoms with Crippen LogP contribution in [0.4, 0.5) is 0 Å². The fraction of sp³-hybridized carbons (Fsp3) is 0.211. The molecule has 6 nitrogen and oxygen atoms in total. The van der Waals surface area contributed by atoms with Gasteiger partial charge in [0.05, 0.1) is 6.54 Å². The van der Waals surface area contributed by atoms with Crippen molar-refractivity contribution in [3.8, 4) is 11.6 Å². The maximum atomic E-state index is 12.6. The number of nitrogens with zero attached hydrogens (tertiary/aromatic N) is 4. The molecule has 3 aromatic rings. The van der Waals surface area contributed by atoms with Crippen molar-refractivity contribution < 1.29 is 9.53 Å². The van der Waals surface area contributed by atoms with Gasteiger partial charge in [-0.25, -0.2) is 9.97 Å². The smallest absolute Gasteiger partial charge is 0.253 e. The largest absolute Gasteiger partial charge is 0.491 e. The Morgan fingerprint density at radius 2 is 2.08 bits per heavy atom. The van der Waals surface area contributed by atoms with Gasteiger partial charge in [-0.3, -0.25) is 9.36 Å². The van der Waals surface area contributed by atoms with Crippen molar-refractivity contribution in [1.29, 1.82) is 0 Å². The minimum absolute atomic E-state index is 0.0721.